The molecule has 0 N–H and O–H groups in total. The molecule has 2 aromatic rings. The van der Waals surface area contributed by atoms with Gasteiger partial charge in [-0.2, -0.15) is 0 Å². The molecule has 0 bridgehead atoms. The summed E-state index contributed by atoms with van der Waals surface area (Å²) >= 11 is 0. The first kappa shape index (κ1) is 28.3. The van der Waals surface area contributed by atoms with Crippen molar-refractivity contribution in [3.8, 4) is 16.9 Å². The van der Waals surface area contributed by atoms with E-state index in [0.29, 0.717) is 35.4 Å². The number of alkyl halides is 3. The van der Waals surface area contributed by atoms with Crippen molar-refractivity contribution >= 4 is 23.6 Å². The van der Waals surface area contributed by atoms with Crippen LogP contribution >= 0.6 is 0 Å². The summed E-state index contributed by atoms with van der Waals surface area (Å²) in [6.45, 7) is 14.9. The summed E-state index contributed by atoms with van der Waals surface area (Å²) in [5.74, 6) is -0.924. The normalized spacial score (nSPS) is 15.9. The second-order valence-electron chi connectivity index (χ2n) is 11.0. The van der Waals surface area contributed by atoms with E-state index >= 15 is 0 Å². The Morgan fingerprint density at radius 3 is 2.32 bits per heavy atom. The molecular formula is C29H34F3NO4. The van der Waals surface area contributed by atoms with Crippen LogP contribution in [0.4, 0.5) is 18.9 Å². The Labute approximate surface area is 216 Å². The zero-order valence-corrected chi connectivity index (χ0v) is 22.6. The fourth-order valence-corrected chi connectivity index (χ4v) is 4.53. The van der Waals surface area contributed by atoms with Crippen molar-refractivity contribution in [2.75, 3.05) is 11.4 Å². The molecule has 1 amide bonds. The standard InChI is InChI=1S/C29H34F3NO4/c1-9-33-23-15-20(17(2)13-22(23)28(7,8)16-25(33)34)21-14-19(10-11-24(21)36-29(30,31)32)12-18(3)26(35)37-27(4,5)6/h10-15H,9,16H2,1-8H3/b18-12+. The van der Waals surface area contributed by atoms with Crippen LogP contribution in [0.3, 0.4) is 0 Å². The largest absolute Gasteiger partial charge is 0.573 e. The topological polar surface area (TPSA) is 55.8 Å². The Morgan fingerprint density at radius 2 is 1.76 bits per heavy atom. The summed E-state index contributed by atoms with van der Waals surface area (Å²) in [4.78, 5) is 26.9. The maximum atomic E-state index is 13.3. The van der Waals surface area contributed by atoms with E-state index in [-0.39, 0.29) is 17.2 Å². The molecule has 0 fully saturated rings. The van der Waals surface area contributed by atoms with Gasteiger partial charge in [-0.15, -0.1) is 13.2 Å². The number of carbonyl (C=O) groups is 2. The highest BCUT2D eigenvalue weighted by atomic mass is 19.4. The van der Waals surface area contributed by atoms with Crippen molar-refractivity contribution in [1.82, 2.24) is 0 Å². The maximum absolute atomic E-state index is 13.3. The van der Waals surface area contributed by atoms with Crippen molar-refractivity contribution in [2.24, 2.45) is 0 Å². The number of ether oxygens (including phenoxy) is 2. The van der Waals surface area contributed by atoms with Crippen LogP contribution in [0.1, 0.15) is 71.6 Å². The SMILES string of the molecule is CCN1C(=O)CC(C)(C)c2cc(C)c(-c3cc(/C=C(\C)C(=O)OC(C)(C)C)ccc3OC(F)(F)F)cc21. The van der Waals surface area contributed by atoms with Gasteiger partial charge >= 0.3 is 12.3 Å². The maximum Gasteiger partial charge on any atom is 0.573 e. The number of rotatable bonds is 5. The van der Waals surface area contributed by atoms with Gasteiger partial charge in [0.05, 0.1) is 0 Å². The molecule has 0 atom stereocenters. The molecule has 0 aliphatic carbocycles. The highest BCUT2D eigenvalue weighted by molar-refractivity contribution is 5.99. The third-order valence-corrected chi connectivity index (χ3v) is 6.20. The predicted octanol–water partition coefficient (Wildman–Crippen LogP) is 7.34. The van der Waals surface area contributed by atoms with Gasteiger partial charge in [0.2, 0.25) is 5.91 Å². The number of fused-ring (bicyclic) bond motifs is 1. The van der Waals surface area contributed by atoms with E-state index < -0.39 is 23.3 Å². The smallest absolute Gasteiger partial charge is 0.457 e. The zero-order valence-electron chi connectivity index (χ0n) is 22.6. The molecule has 0 spiro atoms. The number of hydrogen-bond donors (Lipinski definition) is 0. The van der Waals surface area contributed by atoms with Crippen LogP contribution in [0.25, 0.3) is 17.2 Å². The molecule has 0 saturated heterocycles. The Hall–Kier alpha value is -3.29. The van der Waals surface area contributed by atoms with E-state index in [1.807, 2.05) is 33.8 Å². The van der Waals surface area contributed by atoms with Gasteiger partial charge in [-0.1, -0.05) is 26.0 Å². The highest BCUT2D eigenvalue weighted by Crippen LogP contribution is 2.45. The third kappa shape index (κ3) is 6.53. The minimum Gasteiger partial charge on any atom is -0.457 e. The average Bonchev–Trinajstić information content (AvgIpc) is 2.72. The molecule has 200 valence electrons. The van der Waals surface area contributed by atoms with E-state index in [1.165, 1.54) is 12.1 Å². The molecule has 0 saturated carbocycles. The van der Waals surface area contributed by atoms with E-state index in [4.69, 9.17) is 4.74 Å². The number of halogens is 3. The molecule has 0 unspecified atom stereocenters. The van der Waals surface area contributed by atoms with Gasteiger partial charge in [-0.3, -0.25) is 4.79 Å². The van der Waals surface area contributed by atoms with E-state index in [2.05, 4.69) is 4.74 Å². The number of amides is 1. The first-order chi connectivity index (χ1) is 16.9. The van der Waals surface area contributed by atoms with Crippen molar-refractivity contribution < 1.29 is 32.2 Å². The lowest BCUT2D eigenvalue weighted by molar-refractivity contribution is -0.274. The van der Waals surface area contributed by atoms with Crippen molar-refractivity contribution in [3.05, 3.63) is 52.6 Å². The molecule has 2 aromatic carbocycles. The molecule has 0 aromatic heterocycles. The monoisotopic (exact) mass is 517 g/mol. The first-order valence-corrected chi connectivity index (χ1v) is 12.2. The van der Waals surface area contributed by atoms with Crippen LogP contribution in [0, 0.1) is 6.92 Å². The summed E-state index contributed by atoms with van der Waals surface area (Å²) < 4.78 is 49.7. The summed E-state index contributed by atoms with van der Waals surface area (Å²) in [7, 11) is 0. The number of benzene rings is 2. The number of aryl methyl sites for hydroxylation is 1. The van der Waals surface area contributed by atoms with Crippen LogP contribution in [-0.2, 0) is 19.7 Å². The van der Waals surface area contributed by atoms with Gasteiger partial charge in [-0.25, -0.2) is 4.79 Å². The average molecular weight is 518 g/mol. The number of hydrogen-bond acceptors (Lipinski definition) is 4. The van der Waals surface area contributed by atoms with Crippen molar-refractivity contribution in [3.63, 3.8) is 0 Å². The fourth-order valence-electron chi connectivity index (χ4n) is 4.53. The third-order valence-electron chi connectivity index (χ3n) is 6.20. The van der Waals surface area contributed by atoms with Gasteiger partial charge in [0.25, 0.3) is 0 Å². The quantitative estimate of drug-likeness (QED) is 0.308. The number of anilines is 1. The molecule has 5 nitrogen and oxygen atoms in total. The first-order valence-electron chi connectivity index (χ1n) is 12.2. The fraction of sp³-hybridized carbons (Fsp3) is 0.448. The van der Waals surface area contributed by atoms with Gasteiger partial charge in [-0.05, 0) is 88.1 Å². The lowest BCUT2D eigenvalue weighted by Gasteiger charge is -2.39. The van der Waals surface area contributed by atoms with Crippen molar-refractivity contribution in [1.29, 1.82) is 0 Å². The lowest BCUT2D eigenvalue weighted by atomic mass is 9.75. The van der Waals surface area contributed by atoms with Gasteiger partial charge in [0.15, 0.2) is 0 Å². The second kappa shape index (κ2) is 9.88. The highest BCUT2D eigenvalue weighted by Gasteiger charge is 2.37. The van der Waals surface area contributed by atoms with Crippen LogP contribution < -0.4 is 9.64 Å². The number of nitrogens with zero attached hydrogens (tertiary/aromatic N) is 1. The van der Waals surface area contributed by atoms with Gasteiger partial charge in [0, 0.05) is 35.2 Å². The van der Waals surface area contributed by atoms with Crippen LogP contribution in [0.15, 0.2) is 35.9 Å². The molecule has 8 heteroatoms. The predicted molar refractivity (Wildman–Crippen MR) is 138 cm³/mol. The minimum absolute atomic E-state index is 0.0359. The molecule has 1 aliphatic rings. The van der Waals surface area contributed by atoms with E-state index in [9.17, 15) is 22.8 Å². The van der Waals surface area contributed by atoms with Crippen LogP contribution in [-0.4, -0.2) is 30.4 Å². The Morgan fingerprint density at radius 1 is 1.11 bits per heavy atom. The summed E-state index contributed by atoms with van der Waals surface area (Å²) in [6, 6.07) is 7.95. The van der Waals surface area contributed by atoms with Crippen LogP contribution in [0.5, 0.6) is 5.75 Å². The van der Waals surface area contributed by atoms with Gasteiger partial charge < -0.3 is 14.4 Å². The van der Waals surface area contributed by atoms with E-state index in [0.717, 1.165) is 11.1 Å². The molecular weight excluding hydrogens is 483 g/mol. The Bertz CT molecular complexity index is 1250. The van der Waals surface area contributed by atoms with Gasteiger partial charge in [0.1, 0.15) is 11.4 Å². The number of carbonyl (C=O) groups excluding carboxylic acids is 2. The van der Waals surface area contributed by atoms with Crippen LogP contribution in [0.2, 0.25) is 0 Å². The lowest BCUT2D eigenvalue weighted by Crippen LogP contribution is -2.41. The second-order valence-corrected chi connectivity index (χ2v) is 11.0. The molecule has 3 rings (SSSR count). The Kier molecular flexibility index (Phi) is 7.55. The summed E-state index contributed by atoms with van der Waals surface area (Å²) in [5, 5.41) is 0. The van der Waals surface area contributed by atoms with E-state index in [1.54, 1.807) is 50.8 Å². The molecule has 1 heterocycles. The minimum atomic E-state index is -4.89. The molecule has 1 aliphatic heterocycles. The molecule has 0 radical (unpaired) electrons. The summed E-state index contributed by atoms with van der Waals surface area (Å²) in [6.07, 6.45) is -2.99. The summed E-state index contributed by atoms with van der Waals surface area (Å²) in [5.41, 5.74) is 2.81. The number of esters is 1. The Balaban J connectivity index is 2.20. The zero-order chi connectivity index (χ0) is 27.9. The van der Waals surface area contributed by atoms with Crippen molar-refractivity contribution in [2.45, 2.75) is 79.2 Å². The molecule has 37 heavy (non-hydrogen) atoms.